The van der Waals surface area contributed by atoms with Crippen LogP contribution in [0.4, 0.5) is 5.69 Å². The molecule has 2 N–H and O–H groups in total. The zero-order valence-corrected chi connectivity index (χ0v) is 10.2. The number of likely N-dealkylation sites (tertiary alicyclic amines) is 1. The van der Waals surface area contributed by atoms with Crippen molar-refractivity contribution in [3.05, 3.63) is 29.3 Å². The third-order valence-corrected chi connectivity index (χ3v) is 3.85. The van der Waals surface area contributed by atoms with Crippen molar-refractivity contribution in [3.63, 3.8) is 0 Å². The minimum absolute atomic E-state index is 0.0327. The van der Waals surface area contributed by atoms with E-state index < -0.39 is 0 Å². The van der Waals surface area contributed by atoms with Crippen molar-refractivity contribution in [2.45, 2.75) is 38.1 Å². The highest BCUT2D eigenvalue weighted by Gasteiger charge is 2.37. The molecule has 1 atom stereocenters. The van der Waals surface area contributed by atoms with E-state index in [2.05, 4.69) is 0 Å². The Hall–Kier alpha value is -1.84. The summed E-state index contributed by atoms with van der Waals surface area (Å²) < 4.78 is 0. The van der Waals surface area contributed by atoms with Crippen molar-refractivity contribution in [2.24, 2.45) is 0 Å². The molecule has 0 aromatic heterocycles. The predicted molar refractivity (Wildman–Crippen MR) is 67.6 cm³/mol. The van der Waals surface area contributed by atoms with Crippen LogP contribution in [-0.4, -0.2) is 16.7 Å². The highest BCUT2D eigenvalue weighted by atomic mass is 16.2. The Morgan fingerprint density at radius 3 is 2.56 bits per heavy atom. The van der Waals surface area contributed by atoms with Crippen molar-refractivity contribution in [1.82, 2.24) is 4.90 Å². The fourth-order valence-corrected chi connectivity index (χ4v) is 3.02. The Kier molecular flexibility index (Phi) is 2.58. The van der Waals surface area contributed by atoms with Gasteiger partial charge < -0.3 is 5.73 Å². The van der Waals surface area contributed by atoms with E-state index in [0.717, 1.165) is 30.5 Å². The molecule has 1 aromatic carbocycles. The number of hydrogen-bond acceptors (Lipinski definition) is 3. The van der Waals surface area contributed by atoms with Gasteiger partial charge in [0.1, 0.15) is 0 Å². The number of anilines is 1. The standard InChI is InChI=1S/C14H16N2O2/c15-10-4-5-11-9(8-10)2-1-3-12(11)16-13(17)6-7-14(16)18/h4-5,8,12H,1-3,6-7,15H2. The van der Waals surface area contributed by atoms with E-state index in [4.69, 9.17) is 5.73 Å². The minimum atomic E-state index is -0.0724. The molecule has 4 nitrogen and oxygen atoms in total. The first-order valence-electron chi connectivity index (χ1n) is 6.40. The lowest BCUT2D eigenvalue weighted by Crippen LogP contribution is -2.35. The quantitative estimate of drug-likeness (QED) is 0.605. The van der Waals surface area contributed by atoms with Gasteiger partial charge in [-0.3, -0.25) is 14.5 Å². The highest BCUT2D eigenvalue weighted by Crippen LogP contribution is 2.37. The monoisotopic (exact) mass is 244 g/mol. The highest BCUT2D eigenvalue weighted by molar-refractivity contribution is 6.02. The van der Waals surface area contributed by atoms with Crippen LogP contribution < -0.4 is 5.73 Å². The molecule has 1 aliphatic carbocycles. The van der Waals surface area contributed by atoms with E-state index in [9.17, 15) is 9.59 Å². The number of fused-ring (bicyclic) bond motifs is 1. The number of nitrogens with zero attached hydrogens (tertiary/aromatic N) is 1. The Morgan fingerprint density at radius 2 is 1.83 bits per heavy atom. The summed E-state index contributed by atoms with van der Waals surface area (Å²) in [7, 11) is 0. The lowest BCUT2D eigenvalue weighted by molar-refractivity contribution is -0.141. The second-order valence-electron chi connectivity index (χ2n) is 5.02. The number of amides is 2. The number of carbonyl (C=O) groups excluding carboxylic acids is 2. The molecule has 18 heavy (non-hydrogen) atoms. The third-order valence-electron chi connectivity index (χ3n) is 3.85. The minimum Gasteiger partial charge on any atom is -0.399 e. The largest absolute Gasteiger partial charge is 0.399 e. The summed E-state index contributed by atoms with van der Waals surface area (Å²) in [5.41, 5.74) is 8.81. The number of aryl methyl sites for hydroxylation is 1. The van der Waals surface area contributed by atoms with Gasteiger partial charge in [-0.1, -0.05) is 6.07 Å². The number of imide groups is 1. The van der Waals surface area contributed by atoms with Gasteiger partial charge in [-0.25, -0.2) is 0 Å². The van der Waals surface area contributed by atoms with Crippen LogP contribution in [0.25, 0.3) is 0 Å². The van der Waals surface area contributed by atoms with Gasteiger partial charge in [-0.05, 0) is 42.5 Å². The van der Waals surface area contributed by atoms with Crippen molar-refractivity contribution in [3.8, 4) is 0 Å². The second kappa shape index (κ2) is 4.12. The fourth-order valence-electron chi connectivity index (χ4n) is 3.02. The lowest BCUT2D eigenvalue weighted by atomic mass is 9.86. The van der Waals surface area contributed by atoms with Gasteiger partial charge in [0.15, 0.2) is 0 Å². The van der Waals surface area contributed by atoms with Crippen molar-refractivity contribution in [1.29, 1.82) is 0 Å². The van der Waals surface area contributed by atoms with Crippen molar-refractivity contribution < 1.29 is 9.59 Å². The maximum atomic E-state index is 11.8. The summed E-state index contributed by atoms with van der Waals surface area (Å²) in [6.45, 7) is 0. The van der Waals surface area contributed by atoms with Crippen LogP contribution in [0.3, 0.4) is 0 Å². The lowest BCUT2D eigenvalue weighted by Gasteiger charge is -2.32. The van der Waals surface area contributed by atoms with Gasteiger partial charge in [-0.2, -0.15) is 0 Å². The van der Waals surface area contributed by atoms with E-state index in [1.54, 1.807) is 0 Å². The smallest absolute Gasteiger partial charge is 0.230 e. The van der Waals surface area contributed by atoms with Crippen LogP contribution in [0.1, 0.15) is 42.9 Å². The molecule has 0 spiro atoms. The number of rotatable bonds is 1. The molecule has 1 heterocycles. The molecule has 1 aromatic rings. The summed E-state index contributed by atoms with van der Waals surface area (Å²) in [5, 5.41) is 0. The molecule has 0 radical (unpaired) electrons. The van der Waals surface area contributed by atoms with Gasteiger partial charge >= 0.3 is 0 Å². The number of benzene rings is 1. The summed E-state index contributed by atoms with van der Waals surface area (Å²) in [5.74, 6) is -0.0654. The average molecular weight is 244 g/mol. The second-order valence-corrected chi connectivity index (χ2v) is 5.02. The molecular weight excluding hydrogens is 228 g/mol. The maximum Gasteiger partial charge on any atom is 0.230 e. The molecule has 2 aliphatic rings. The average Bonchev–Trinajstić information content (AvgIpc) is 2.68. The van der Waals surface area contributed by atoms with E-state index >= 15 is 0 Å². The zero-order valence-electron chi connectivity index (χ0n) is 10.2. The van der Waals surface area contributed by atoms with Gasteiger partial charge in [0.05, 0.1) is 6.04 Å². The fraction of sp³-hybridized carbons (Fsp3) is 0.429. The Balaban J connectivity index is 2.01. The molecule has 4 heteroatoms. The molecule has 1 fully saturated rings. The van der Waals surface area contributed by atoms with Crippen molar-refractivity contribution >= 4 is 17.5 Å². The predicted octanol–water partition coefficient (Wildman–Crippen LogP) is 1.80. The van der Waals surface area contributed by atoms with E-state index in [-0.39, 0.29) is 17.9 Å². The van der Waals surface area contributed by atoms with Crippen LogP contribution in [0.2, 0.25) is 0 Å². The molecule has 0 saturated carbocycles. The molecule has 94 valence electrons. The molecule has 3 rings (SSSR count). The van der Waals surface area contributed by atoms with E-state index in [1.165, 1.54) is 10.5 Å². The Bertz CT molecular complexity index is 509. The van der Waals surface area contributed by atoms with E-state index in [1.807, 2.05) is 18.2 Å². The number of nitrogen functional groups attached to an aromatic ring is 1. The van der Waals surface area contributed by atoms with Gasteiger partial charge in [-0.15, -0.1) is 0 Å². The van der Waals surface area contributed by atoms with E-state index in [0.29, 0.717) is 12.8 Å². The molecule has 1 aliphatic heterocycles. The first-order valence-corrected chi connectivity index (χ1v) is 6.40. The molecular formula is C14H16N2O2. The van der Waals surface area contributed by atoms with Crippen LogP contribution in [0.5, 0.6) is 0 Å². The van der Waals surface area contributed by atoms with Crippen molar-refractivity contribution in [2.75, 3.05) is 5.73 Å². The number of hydrogen-bond donors (Lipinski definition) is 1. The van der Waals surface area contributed by atoms with Gasteiger partial charge in [0, 0.05) is 18.5 Å². The number of nitrogens with two attached hydrogens (primary N) is 1. The molecule has 0 bridgehead atoms. The summed E-state index contributed by atoms with van der Waals surface area (Å²) in [6, 6.07) is 5.71. The zero-order chi connectivity index (χ0) is 12.7. The Morgan fingerprint density at radius 1 is 1.11 bits per heavy atom. The van der Waals surface area contributed by atoms with Crippen LogP contribution in [0.15, 0.2) is 18.2 Å². The normalized spacial score (nSPS) is 23.3. The third kappa shape index (κ3) is 1.68. The Labute approximate surface area is 106 Å². The summed E-state index contributed by atoms with van der Waals surface area (Å²) in [4.78, 5) is 25.1. The SMILES string of the molecule is Nc1ccc2c(c1)CCCC2N1C(=O)CCC1=O. The van der Waals surface area contributed by atoms with Crippen LogP contribution >= 0.6 is 0 Å². The maximum absolute atomic E-state index is 11.8. The molecule has 1 saturated heterocycles. The van der Waals surface area contributed by atoms with Gasteiger partial charge in [0.2, 0.25) is 11.8 Å². The molecule has 2 amide bonds. The number of carbonyl (C=O) groups is 2. The van der Waals surface area contributed by atoms with Gasteiger partial charge in [0.25, 0.3) is 0 Å². The van der Waals surface area contributed by atoms with Crippen LogP contribution in [0, 0.1) is 0 Å². The van der Waals surface area contributed by atoms with Crippen LogP contribution in [-0.2, 0) is 16.0 Å². The summed E-state index contributed by atoms with van der Waals surface area (Å²) >= 11 is 0. The topological polar surface area (TPSA) is 63.4 Å². The first kappa shape index (κ1) is 11.3. The summed E-state index contributed by atoms with van der Waals surface area (Å²) in [6.07, 6.45) is 3.57. The first-order chi connectivity index (χ1) is 8.66. The molecule has 1 unspecified atom stereocenters.